The van der Waals surface area contributed by atoms with Crippen LogP contribution in [-0.4, -0.2) is 42.9 Å². The SMILES string of the molecule is CC(C)C(C)B(C(C)C(C)C)N([B]N(C(C)(C)C)[Si](C)(C)C)C(C)(C)C. The lowest BCUT2D eigenvalue weighted by Crippen LogP contribution is -2.68. The molecule has 0 saturated carbocycles. The van der Waals surface area contributed by atoms with Crippen molar-refractivity contribution >= 4 is 22.6 Å². The van der Waals surface area contributed by atoms with Gasteiger partial charge in [0, 0.05) is 0 Å². The smallest absolute Gasteiger partial charge is 0.294 e. The van der Waals surface area contributed by atoms with E-state index in [1.807, 2.05) is 0 Å². The molecule has 26 heavy (non-hydrogen) atoms. The zero-order valence-electron chi connectivity index (χ0n) is 20.9. The largest absolute Gasteiger partial charge is 0.369 e. The highest BCUT2D eigenvalue weighted by Crippen LogP contribution is 2.38. The Hall–Kier alpha value is 0.267. The Morgan fingerprint density at radius 1 is 0.692 bits per heavy atom. The molecule has 0 saturated heterocycles. The second-order valence-corrected chi connectivity index (χ2v) is 16.9. The van der Waals surface area contributed by atoms with Crippen LogP contribution in [0.1, 0.15) is 83.1 Å². The summed E-state index contributed by atoms with van der Waals surface area (Å²) in [5, 5.41) is 0. The van der Waals surface area contributed by atoms with Gasteiger partial charge in [0.1, 0.15) is 8.24 Å². The zero-order chi connectivity index (χ0) is 21.2. The average molecular weight is 379 g/mol. The van der Waals surface area contributed by atoms with E-state index < -0.39 is 8.24 Å². The molecule has 0 bridgehead atoms. The Kier molecular flexibility index (Phi) is 9.27. The van der Waals surface area contributed by atoms with Gasteiger partial charge >= 0.3 is 0 Å². The molecule has 0 heterocycles. The normalized spacial score (nSPS) is 16.6. The van der Waals surface area contributed by atoms with Crippen molar-refractivity contribution < 1.29 is 0 Å². The standard InChI is InChI=1S/C21H49B2N2Si/c1-16(2)18(5)23(19(6)17(3)4)24(20(7,8)9)22-25(21(10,11)12)26(13,14)15/h16-19H,1-15H3. The fourth-order valence-electron chi connectivity index (χ4n) is 3.95. The van der Waals surface area contributed by atoms with Crippen LogP contribution in [-0.2, 0) is 0 Å². The Labute approximate surface area is 169 Å². The molecule has 2 unspecified atom stereocenters. The molecule has 0 fully saturated rings. The molecule has 0 spiro atoms. The molecular weight excluding hydrogens is 330 g/mol. The first-order valence-corrected chi connectivity index (χ1v) is 14.2. The summed E-state index contributed by atoms with van der Waals surface area (Å²) in [7, 11) is 1.03. The molecule has 1 radical (unpaired) electrons. The lowest BCUT2D eigenvalue weighted by molar-refractivity contribution is 0.295. The highest BCUT2D eigenvalue weighted by atomic mass is 28.3. The Morgan fingerprint density at radius 2 is 1.04 bits per heavy atom. The second-order valence-electron chi connectivity index (χ2n) is 12.1. The number of hydrogen-bond donors (Lipinski definition) is 0. The van der Waals surface area contributed by atoms with Crippen LogP contribution < -0.4 is 0 Å². The van der Waals surface area contributed by atoms with Gasteiger partial charge in [-0.15, -0.1) is 0 Å². The molecule has 5 heteroatoms. The fourth-order valence-corrected chi connectivity index (χ4v) is 6.43. The van der Waals surface area contributed by atoms with E-state index in [1.54, 1.807) is 0 Å². The van der Waals surface area contributed by atoms with Gasteiger partial charge in [-0.25, -0.2) is 0 Å². The minimum Gasteiger partial charge on any atom is -0.369 e. The maximum absolute atomic E-state index is 2.71. The van der Waals surface area contributed by atoms with Gasteiger partial charge in [0.2, 0.25) is 6.85 Å². The number of rotatable bonds is 8. The molecule has 0 N–H and O–H groups in total. The van der Waals surface area contributed by atoms with E-state index >= 15 is 0 Å². The molecule has 0 aliphatic heterocycles. The Morgan fingerprint density at radius 3 is 1.23 bits per heavy atom. The van der Waals surface area contributed by atoms with E-state index in [0.717, 1.165) is 0 Å². The summed E-state index contributed by atoms with van der Waals surface area (Å²) in [6.45, 7) is 36.6. The summed E-state index contributed by atoms with van der Waals surface area (Å²) in [6, 6.07) is 0. The highest BCUT2D eigenvalue weighted by molar-refractivity contribution is 6.81. The summed E-state index contributed by atoms with van der Waals surface area (Å²) in [5.74, 6) is 2.64. The van der Waals surface area contributed by atoms with Gasteiger partial charge in [-0.1, -0.05) is 61.2 Å². The van der Waals surface area contributed by atoms with Crippen LogP contribution in [0.3, 0.4) is 0 Å². The molecule has 0 aromatic rings. The van der Waals surface area contributed by atoms with E-state index in [1.165, 1.54) is 0 Å². The third-order valence-electron chi connectivity index (χ3n) is 5.96. The van der Waals surface area contributed by atoms with Gasteiger partial charge in [0.15, 0.2) is 0 Å². The van der Waals surface area contributed by atoms with Crippen LogP contribution in [0.25, 0.3) is 0 Å². The van der Waals surface area contributed by atoms with Gasteiger partial charge in [0.05, 0.1) is 0 Å². The lowest BCUT2D eigenvalue weighted by atomic mass is 9.36. The Balaban J connectivity index is 6.18. The first-order valence-electron chi connectivity index (χ1n) is 10.7. The number of hydrogen-bond acceptors (Lipinski definition) is 2. The quantitative estimate of drug-likeness (QED) is 0.436. The van der Waals surface area contributed by atoms with E-state index in [9.17, 15) is 0 Å². The van der Waals surface area contributed by atoms with Crippen molar-refractivity contribution in [2.24, 2.45) is 11.8 Å². The van der Waals surface area contributed by atoms with Crippen LogP contribution in [0.15, 0.2) is 0 Å². The molecule has 2 nitrogen and oxygen atoms in total. The van der Waals surface area contributed by atoms with E-state index in [4.69, 9.17) is 0 Å². The topological polar surface area (TPSA) is 6.48 Å². The summed E-state index contributed by atoms with van der Waals surface area (Å²) < 4.78 is 5.41. The summed E-state index contributed by atoms with van der Waals surface area (Å²) in [6.07, 6.45) is 0. The third-order valence-corrected chi connectivity index (χ3v) is 8.19. The van der Waals surface area contributed by atoms with E-state index in [2.05, 4.69) is 119 Å². The Bertz CT molecular complexity index is 391. The number of nitrogens with zero attached hydrogens (tertiary/aromatic N) is 2. The molecule has 0 aliphatic rings. The van der Waals surface area contributed by atoms with Crippen molar-refractivity contribution in [2.45, 2.75) is 125 Å². The minimum atomic E-state index is -1.50. The maximum atomic E-state index is 2.71. The predicted molar refractivity (Wildman–Crippen MR) is 127 cm³/mol. The van der Waals surface area contributed by atoms with Crippen molar-refractivity contribution in [1.82, 2.24) is 9.20 Å². The molecule has 0 rings (SSSR count). The minimum absolute atomic E-state index is 0.0973. The fraction of sp³-hybridized carbons (Fsp3) is 1.00. The zero-order valence-corrected chi connectivity index (χ0v) is 21.9. The summed E-state index contributed by atoms with van der Waals surface area (Å²) in [5.41, 5.74) is 0.237. The van der Waals surface area contributed by atoms with Crippen molar-refractivity contribution in [3.63, 3.8) is 0 Å². The molecule has 0 aromatic carbocycles. The van der Waals surface area contributed by atoms with Gasteiger partial charge in [-0.2, -0.15) is 0 Å². The maximum Gasteiger partial charge on any atom is 0.294 e. The van der Waals surface area contributed by atoms with Gasteiger partial charge in [-0.3, -0.25) is 0 Å². The van der Waals surface area contributed by atoms with E-state index in [0.29, 0.717) is 30.3 Å². The van der Waals surface area contributed by atoms with Crippen molar-refractivity contribution in [3.8, 4) is 0 Å². The van der Waals surface area contributed by atoms with Crippen LogP contribution in [0.5, 0.6) is 0 Å². The van der Waals surface area contributed by atoms with Crippen LogP contribution in [0.2, 0.25) is 31.3 Å². The highest BCUT2D eigenvalue weighted by Gasteiger charge is 2.45. The molecule has 0 aliphatic carbocycles. The molecular formula is C21H49B2N2Si. The predicted octanol–water partition coefficient (Wildman–Crippen LogP) is 6.64. The van der Waals surface area contributed by atoms with Crippen LogP contribution >= 0.6 is 0 Å². The first-order chi connectivity index (χ1) is 11.3. The third kappa shape index (κ3) is 7.35. The second kappa shape index (κ2) is 9.18. The van der Waals surface area contributed by atoms with Crippen LogP contribution in [0.4, 0.5) is 0 Å². The van der Waals surface area contributed by atoms with Crippen molar-refractivity contribution in [2.75, 3.05) is 0 Å². The summed E-state index contributed by atoms with van der Waals surface area (Å²) in [4.78, 5) is 0. The van der Waals surface area contributed by atoms with Gasteiger partial charge in [-0.05, 0) is 76.1 Å². The lowest BCUT2D eigenvalue weighted by Gasteiger charge is -2.53. The molecule has 0 amide bonds. The average Bonchev–Trinajstić information content (AvgIpc) is 2.37. The molecule has 153 valence electrons. The van der Waals surface area contributed by atoms with Crippen LogP contribution in [0, 0.1) is 11.8 Å². The van der Waals surface area contributed by atoms with Gasteiger partial charge < -0.3 is 9.20 Å². The van der Waals surface area contributed by atoms with E-state index in [-0.39, 0.29) is 11.1 Å². The molecule has 0 aromatic heterocycles. The van der Waals surface area contributed by atoms with Gasteiger partial charge in [0.25, 0.3) is 7.55 Å². The van der Waals surface area contributed by atoms with Crippen molar-refractivity contribution in [3.05, 3.63) is 0 Å². The monoisotopic (exact) mass is 379 g/mol. The first kappa shape index (κ1) is 26.3. The molecule has 2 atom stereocenters. The van der Waals surface area contributed by atoms with Crippen molar-refractivity contribution in [1.29, 1.82) is 0 Å². The summed E-state index contributed by atoms with van der Waals surface area (Å²) >= 11 is 0.